The first-order valence-corrected chi connectivity index (χ1v) is 10.9. The van der Waals surface area contributed by atoms with Crippen molar-refractivity contribution in [2.75, 3.05) is 6.61 Å². The summed E-state index contributed by atoms with van der Waals surface area (Å²) in [5.74, 6) is -0.372. The van der Waals surface area contributed by atoms with Crippen molar-refractivity contribution in [3.63, 3.8) is 0 Å². The zero-order chi connectivity index (χ0) is 20.3. The van der Waals surface area contributed by atoms with Crippen molar-refractivity contribution in [3.05, 3.63) is 42.5 Å². The Morgan fingerprint density at radius 3 is 2.61 bits per heavy atom. The van der Waals surface area contributed by atoms with Crippen LogP contribution in [0.3, 0.4) is 0 Å². The van der Waals surface area contributed by atoms with Gasteiger partial charge < -0.3 is 15.2 Å². The van der Waals surface area contributed by atoms with Gasteiger partial charge >= 0.3 is 0 Å². The predicted molar refractivity (Wildman–Crippen MR) is 106 cm³/mol. The number of benzene rings is 2. The molecular formula is C20H26N2O5S. The van der Waals surface area contributed by atoms with Gasteiger partial charge in [0.2, 0.25) is 15.9 Å². The predicted octanol–water partition coefficient (Wildman–Crippen LogP) is 1.76. The fourth-order valence-corrected chi connectivity index (χ4v) is 4.80. The van der Waals surface area contributed by atoms with Crippen LogP contribution in [0, 0.1) is 5.92 Å². The monoisotopic (exact) mass is 406 g/mol. The maximum atomic E-state index is 13.1. The molecule has 28 heavy (non-hydrogen) atoms. The topological polar surface area (TPSA) is 105 Å². The molecule has 7 nitrogen and oxygen atoms in total. The van der Waals surface area contributed by atoms with Crippen molar-refractivity contribution in [2.24, 2.45) is 5.92 Å². The molecule has 8 heteroatoms. The number of rotatable bonds is 7. The van der Waals surface area contributed by atoms with Crippen LogP contribution in [-0.4, -0.2) is 44.4 Å². The lowest BCUT2D eigenvalue weighted by atomic mass is 10.0. The number of carbonyl (C=O) groups excluding carboxylic acids is 1. The minimum atomic E-state index is -3.93. The number of aliphatic hydroxyl groups is 1. The van der Waals surface area contributed by atoms with E-state index in [0.717, 1.165) is 5.39 Å². The highest BCUT2D eigenvalue weighted by Gasteiger charge is 2.32. The van der Waals surface area contributed by atoms with Gasteiger partial charge in [-0.3, -0.25) is 4.79 Å². The van der Waals surface area contributed by atoms with Crippen LogP contribution in [0.15, 0.2) is 47.4 Å². The van der Waals surface area contributed by atoms with Crippen LogP contribution in [0.1, 0.15) is 26.7 Å². The quantitative estimate of drug-likeness (QED) is 0.650. The molecule has 2 aromatic carbocycles. The number of fused-ring (bicyclic) bond motifs is 1. The minimum Gasteiger partial charge on any atom is -0.366 e. The van der Waals surface area contributed by atoms with E-state index < -0.39 is 34.3 Å². The molecule has 2 aromatic rings. The summed E-state index contributed by atoms with van der Waals surface area (Å²) >= 11 is 0. The average molecular weight is 407 g/mol. The molecule has 0 radical (unpaired) electrons. The second kappa shape index (κ2) is 8.57. The minimum absolute atomic E-state index is 0.0933. The van der Waals surface area contributed by atoms with Crippen molar-refractivity contribution in [1.29, 1.82) is 0 Å². The number of hydrogen-bond donors (Lipinski definition) is 3. The number of nitrogens with one attached hydrogen (secondary N) is 2. The molecule has 1 amide bonds. The number of carbonyl (C=O) groups is 1. The van der Waals surface area contributed by atoms with Gasteiger partial charge in [0.1, 0.15) is 6.04 Å². The van der Waals surface area contributed by atoms with Crippen molar-refractivity contribution in [3.8, 4) is 0 Å². The molecule has 3 N–H and O–H groups in total. The standard InChI is InChI=1S/C20H26N2O5S/c1-13(2)12-17(19(23)21-16-10-11-27-20(16)24)22-28(25,26)18-9-5-7-14-6-3-4-8-15(14)18/h3-9,13,16-17,20,22,24H,10-12H2,1-2H3,(H,21,23)/t16-,17-,20?/m0/s1. The highest BCUT2D eigenvalue weighted by atomic mass is 32.2. The van der Waals surface area contributed by atoms with Gasteiger partial charge in [-0.1, -0.05) is 50.2 Å². The highest BCUT2D eigenvalue weighted by Crippen LogP contribution is 2.23. The molecule has 1 saturated heterocycles. The fourth-order valence-electron chi connectivity index (χ4n) is 3.36. The average Bonchev–Trinajstić information content (AvgIpc) is 3.04. The van der Waals surface area contributed by atoms with E-state index in [9.17, 15) is 18.3 Å². The normalized spacial score (nSPS) is 21.1. The van der Waals surface area contributed by atoms with Crippen molar-refractivity contribution < 1.29 is 23.1 Å². The summed E-state index contributed by atoms with van der Waals surface area (Å²) in [6, 6.07) is 10.8. The Hall–Kier alpha value is -2.00. The maximum absolute atomic E-state index is 13.1. The molecule has 1 unspecified atom stereocenters. The second-order valence-corrected chi connectivity index (χ2v) is 9.13. The van der Waals surface area contributed by atoms with E-state index in [-0.39, 0.29) is 10.8 Å². The third kappa shape index (κ3) is 4.70. The van der Waals surface area contributed by atoms with E-state index in [4.69, 9.17) is 4.74 Å². The third-order valence-electron chi connectivity index (χ3n) is 4.75. The van der Waals surface area contributed by atoms with Gasteiger partial charge in [0, 0.05) is 5.39 Å². The SMILES string of the molecule is CC(C)C[C@H](NS(=O)(=O)c1cccc2ccccc12)C(=O)N[C@H]1CCOC1O. The molecule has 0 spiro atoms. The van der Waals surface area contributed by atoms with Crippen LogP contribution in [0.4, 0.5) is 0 Å². The smallest absolute Gasteiger partial charge is 0.241 e. The van der Waals surface area contributed by atoms with E-state index in [2.05, 4.69) is 10.0 Å². The molecule has 0 aromatic heterocycles. The number of sulfonamides is 1. The van der Waals surface area contributed by atoms with Gasteiger partial charge in [0.25, 0.3) is 0 Å². The van der Waals surface area contributed by atoms with Crippen LogP contribution in [0.25, 0.3) is 10.8 Å². The van der Waals surface area contributed by atoms with Crippen molar-refractivity contribution in [1.82, 2.24) is 10.0 Å². The van der Waals surface area contributed by atoms with Crippen molar-refractivity contribution >= 4 is 26.7 Å². The first kappa shape index (κ1) is 20.7. The third-order valence-corrected chi connectivity index (χ3v) is 6.28. The van der Waals surface area contributed by atoms with Crippen LogP contribution in [0.2, 0.25) is 0 Å². The Morgan fingerprint density at radius 2 is 1.93 bits per heavy atom. The number of hydrogen-bond acceptors (Lipinski definition) is 5. The first-order chi connectivity index (χ1) is 13.3. The Morgan fingerprint density at radius 1 is 1.21 bits per heavy atom. The Labute approximate surface area is 165 Å². The van der Waals surface area contributed by atoms with Gasteiger partial charge in [0.05, 0.1) is 17.5 Å². The van der Waals surface area contributed by atoms with E-state index >= 15 is 0 Å². The molecule has 1 aliphatic rings. The van der Waals surface area contributed by atoms with Gasteiger partial charge in [-0.05, 0) is 30.2 Å². The Bertz CT molecular complexity index is 939. The van der Waals surface area contributed by atoms with E-state index in [1.807, 2.05) is 32.0 Å². The van der Waals surface area contributed by atoms with Gasteiger partial charge in [-0.15, -0.1) is 0 Å². The zero-order valence-electron chi connectivity index (χ0n) is 16.0. The molecule has 3 atom stereocenters. The van der Waals surface area contributed by atoms with Crippen molar-refractivity contribution in [2.45, 2.75) is 50.0 Å². The molecule has 1 heterocycles. The van der Waals surface area contributed by atoms with Crippen LogP contribution < -0.4 is 10.0 Å². The van der Waals surface area contributed by atoms with Gasteiger partial charge in [0.15, 0.2) is 6.29 Å². The molecular weight excluding hydrogens is 380 g/mol. The zero-order valence-corrected chi connectivity index (χ0v) is 16.8. The van der Waals surface area contributed by atoms with E-state index in [0.29, 0.717) is 24.8 Å². The molecule has 0 saturated carbocycles. The van der Waals surface area contributed by atoms with E-state index in [1.165, 1.54) is 6.07 Å². The fraction of sp³-hybridized carbons (Fsp3) is 0.450. The Kier molecular flexibility index (Phi) is 6.34. The lowest BCUT2D eigenvalue weighted by Gasteiger charge is -2.23. The van der Waals surface area contributed by atoms with Gasteiger partial charge in [-0.2, -0.15) is 4.72 Å². The lowest BCUT2D eigenvalue weighted by molar-refractivity contribution is -0.127. The summed E-state index contributed by atoms with van der Waals surface area (Å²) in [5.41, 5.74) is 0. The molecule has 152 valence electrons. The summed E-state index contributed by atoms with van der Waals surface area (Å²) < 4.78 is 33.8. The van der Waals surface area contributed by atoms with Crippen LogP contribution in [-0.2, 0) is 19.6 Å². The summed E-state index contributed by atoms with van der Waals surface area (Å²) in [6.45, 7) is 4.18. The van der Waals surface area contributed by atoms with Crippen LogP contribution >= 0.6 is 0 Å². The van der Waals surface area contributed by atoms with E-state index in [1.54, 1.807) is 18.2 Å². The number of aliphatic hydroxyl groups excluding tert-OH is 1. The summed E-state index contributed by atoms with van der Waals surface area (Å²) in [4.78, 5) is 12.9. The summed E-state index contributed by atoms with van der Waals surface area (Å²) in [5, 5.41) is 13.9. The number of ether oxygens (including phenoxy) is 1. The molecule has 1 fully saturated rings. The molecule has 1 aliphatic heterocycles. The highest BCUT2D eigenvalue weighted by molar-refractivity contribution is 7.89. The number of amides is 1. The summed E-state index contributed by atoms with van der Waals surface area (Å²) in [6.07, 6.45) is -0.255. The Balaban J connectivity index is 1.85. The summed E-state index contributed by atoms with van der Waals surface area (Å²) in [7, 11) is -3.93. The first-order valence-electron chi connectivity index (χ1n) is 9.38. The largest absolute Gasteiger partial charge is 0.366 e. The maximum Gasteiger partial charge on any atom is 0.241 e. The molecule has 0 aliphatic carbocycles. The van der Waals surface area contributed by atoms with Gasteiger partial charge in [-0.25, -0.2) is 8.42 Å². The lowest BCUT2D eigenvalue weighted by Crippen LogP contribution is -2.51. The molecule has 3 rings (SSSR count). The second-order valence-electron chi connectivity index (χ2n) is 7.45. The molecule has 0 bridgehead atoms. The van der Waals surface area contributed by atoms with Crippen LogP contribution in [0.5, 0.6) is 0 Å².